The van der Waals surface area contributed by atoms with Crippen LogP contribution in [0.3, 0.4) is 0 Å². The van der Waals surface area contributed by atoms with Crippen LogP contribution in [0.25, 0.3) is 10.9 Å². The molecule has 3 aliphatic heterocycles. The molecular formula is C32H29ClN4O5. The first-order chi connectivity index (χ1) is 20.3. The van der Waals surface area contributed by atoms with Crippen molar-refractivity contribution in [1.82, 2.24) is 15.2 Å². The molecule has 42 heavy (non-hydrogen) atoms. The maximum absolute atomic E-state index is 14.2. The number of ether oxygens (including phenoxy) is 2. The fourth-order valence-electron chi connectivity index (χ4n) is 7.04. The SMILES string of the molecule is COc1ccc(CCN2C(=O)[C@@H]3C(Cc4c[nH]c5ccccc45)NC4(C(=O)Nc5ccc(Cl)cc54)[C@@H]3C2=O)cc1OC. The maximum Gasteiger partial charge on any atom is 0.250 e. The number of imide groups is 1. The molecule has 10 heteroatoms. The summed E-state index contributed by atoms with van der Waals surface area (Å²) in [5, 5.41) is 7.93. The summed E-state index contributed by atoms with van der Waals surface area (Å²) >= 11 is 6.40. The van der Waals surface area contributed by atoms with E-state index in [1.165, 1.54) is 4.90 Å². The topological polar surface area (TPSA) is 113 Å². The van der Waals surface area contributed by atoms with Crippen molar-refractivity contribution >= 4 is 45.9 Å². The molecule has 3 aromatic carbocycles. The van der Waals surface area contributed by atoms with Gasteiger partial charge in [-0.1, -0.05) is 35.9 Å². The van der Waals surface area contributed by atoms with Gasteiger partial charge >= 0.3 is 0 Å². The van der Waals surface area contributed by atoms with Crippen molar-refractivity contribution in [2.75, 3.05) is 26.1 Å². The molecule has 0 aliphatic carbocycles. The zero-order valence-electron chi connectivity index (χ0n) is 23.1. The smallest absolute Gasteiger partial charge is 0.250 e. The average Bonchev–Trinajstić information content (AvgIpc) is 3.71. The van der Waals surface area contributed by atoms with Crippen LogP contribution in [-0.4, -0.2) is 54.4 Å². The Balaban J connectivity index is 1.26. The van der Waals surface area contributed by atoms with Crippen LogP contribution in [-0.2, 0) is 32.8 Å². The van der Waals surface area contributed by atoms with Gasteiger partial charge in [0.25, 0.3) is 0 Å². The molecule has 1 spiro atoms. The molecule has 214 valence electrons. The van der Waals surface area contributed by atoms with Gasteiger partial charge in [-0.25, -0.2) is 0 Å². The Morgan fingerprint density at radius 2 is 1.76 bits per heavy atom. The number of halogens is 1. The summed E-state index contributed by atoms with van der Waals surface area (Å²) in [5.41, 5.74) is 2.66. The lowest BCUT2D eigenvalue weighted by Crippen LogP contribution is -2.53. The highest BCUT2D eigenvalue weighted by Crippen LogP contribution is 2.54. The number of carbonyl (C=O) groups excluding carboxylic acids is 3. The molecule has 4 atom stereocenters. The van der Waals surface area contributed by atoms with Crippen LogP contribution < -0.4 is 20.1 Å². The lowest BCUT2D eigenvalue weighted by molar-refractivity contribution is -0.142. The number of hydrogen-bond acceptors (Lipinski definition) is 6. The van der Waals surface area contributed by atoms with Crippen molar-refractivity contribution in [1.29, 1.82) is 0 Å². The summed E-state index contributed by atoms with van der Waals surface area (Å²) in [5.74, 6) is -1.45. The van der Waals surface area contributed by atoms with Gasteiger partial charge in [-0.2, -0.15) is 0 Å². The minimum atomic E-state index is -1.41. The van der Waals surface area contributed by atoms with Crippen molar-refractivity contribution in [3.05, 3.63) is 88.6 Å². The molecule has 7 rings (SSSR count). The molecule has 2 fully saturated rings. The molecular weight excluding hydrogens is 556 g/mol. The number of nitrogens with zero attached hydrogens (tertiary/aromatic N) is 1. The zero-order valence-corrected chi connectivity index (χ0v) is 23.8. The summed E-state index contributed by atoms with van der Waals surface area (Å²) in [4.78, 5) is 46.8. The van der Waals surface area contributed by atoms with Crippen LogP contribution >= 0.6 is 11.6 Å². The van der Waals surface area contributed by atoms with Crippen LogP contribution in [0.2, 0.25) is 5.02 Å². The minimum Gasteiger partial charge on any atom is -0.493 e. The predicted molar refractivity (Wildman–Crippen MR) is 158 cm³/mol. The number of likely N-dealkylation sites (tertiary alicyclic amines) is 1. The van der Waals surface area contributed by atoms with E-state index in [9.17, 15) is 14.4 Å². The first-order valence-electron chi connectivity index (χ1n) is 13.9. The number of benzene rings is 3. The van der Waals surface area contributed by atoms with E-state index in [0.29, 0.717) is 40.6 Å². The van der Waals surface area contributed by atoms with Crippen molar-refractivity contribution in [3.8, 4) is 11.5 Å². The van der Waals surface area contributed by atoms with Gasteiger partial charge < -0.3 is 19.8 Å². The van der Waals surface area contributed by atoms with Crippen LogP contribution in [0.15, 0.2) is 66.9 Å². The van der Waals surface area contributed by atoms with E-state index >= 15 is 0 Å². The second-order valence-electron chi connectivity index (χ2n) is 11.0. The van der Waals surface area contributed by atoms with E-state index in [2.05, 4.69) is 15.6 Å². The highest BCUT2D eigenvalue weighted by atomic mass is 35.5. The number of aromatic nitrogens is 1. The molecule has 1 aromatic heterocycles. The summed E-state index contributed by atoms with van der Waals surface area (Å²) in [7, 11) is 3.13. The predicted octanol–water partition coefficient (Wildman–Crippen LogP) is 4.04. The summed E-state index contributed by atoms with van der Waals surface area (Å²) in [6.07, 6.45) is 2.82. The zero-order chi connectivity index (χ0) is 29.2. The maximum atomic E-state index is 14.2. The van der Waals surface area contributed by atoms with Crippen molar-refractivity contribution in [3.63, 3.8) is 0 Å². The second kappa shape index (κ2) is 9.89. The third-order valence-electron chi connectivity index (χ3n) is 8.96. The lowest BCUT2D eigenvalue weighted by atomic mass is 9.76. The molecule has 2 saturated heterocycles. The monoisotopic (exact) mass is 584 g/mol. The van der Waals surface area contributed by atoms with E-state index in [4.69, 9.17) is 21.1 Å². The first kappa shape index (κ1) is 26.6. The second-order valence-corrected chi connectivity index (χ2v) is 11.5. The molecule has 0 bridgehead atoms. The Labute approximate surface area is 247 Å². The third-order valence-corrected chi connectivity index (χ3v) is 9.19. The fourth-order valence-corrected chi connectivity index (χ4v) is 7.22. The number of aromatic amines is 1. The molecule has 0 radical (unpaired) electrons. The van der Waals surface area contributed by atoms with Crippen LogP contribution in [0.5, 0.6) is 11.5 Å². The standard InChI is InChI=1S/C32H29ClN4O5/c1-41-25-10-7-17(13-26(25)42-2)11-12-37-29(38)27-24(14-18-16-34-22-6-4-3-5-20(18)22)36-32(28(27)30(37)39)21-15-19(33)8-9-23(21)35-31(32)40/h3-10,13,15-16,24,27-28,34,36H,11-12,14H2,1-2H3,(H,35,40)/t24?,27-,28+,32?/m1/s1. The van der Waals surface area contributed by atoms with Gasteiger partial charge in [0.05, 0.1) is 26.1 Å². The Morgan fingerprint density at radius 1 is 0.952 bits per heavy atom. The van der Waals surface area contributed by atoms with Gasteiger partial charge in [0.1, 0.15) is 5.54 Å². The molecule has 4 heterocycles. The molecule has 3 aliphatic rings. The third kappa shape index (κ3) is 3.84. The van der Waals surface area contributed by atoms with Crippen molar-refractivity contribution in [2.45, 2.75) is 24.4 Å². The number of H-pyrrole nitrogens is 1. The highest BCUT2D eigenvalue weighted by Gasteiger charge is 2.70. The molecule has 3 N–H and O–H groups in total. The Morgan fingerprint density at radius 3 is 2.57 bits per heavy atom. The van der Waals surface area contributed by atoms with Crippen LogP contribution in [0, 0.1) is 11.8 Å². The number of hydrogen-bond donors (Lipinski definition) is 3. The minimum absolute atomic E-state index is 0.181. The Kier molecular flexibility index (Phi) is 6.25. The molecule has 0 saturated carbocycles. The largest absolute Gasteiger partial charge is 0.493 e. The van der Waals surface area contributed by atoms with Crippen molar-refractivity contribution < 1.29 is 23.9 Å². The van der Waals surface area contributed by atoms with Crippen LogP contribution in [0.1, 0.15) is 16.7 Å². The number of para-hydroxylation sites is 1. The van der Waals surface area contributed by atoms with E-state index < -0.39 is 23.4 Å². The molecule has 9 nitrogen and oxygen atoms in total. The average molecular weight is 585 g/mol. The van der Waals surface area contributed by atoms with E-state index in [1.54, 1.807) is 38.5 Å². The number of carbonyl (C=O) groups is 3. The van der Waals surface area contributed by atoms with Crippen molar-refractivity contribution in [2.24, 2.45) is 11.8 Å². The normalized spacial score (nSPS) is 24.4. The van der Waals surface area contributed by atoms with Gasteiger partial charge in [-0.15, -0.1) is 0 Å². The summed E-state index contributed by atoms with van der Waals surface area (Å²) in [6, 6.07) is 18.2. The molecule has 3 amide bonds. The fraction of sp³-hybridized carbons (Fsp3) is 0.281. The van der Waals surface area contributed by atoms with E-state index in [-0.39, 0.29) is 24.3 Å². The molecule has 2 unspecified atom stereocenters. The van der Waals surface area contributed by atoms with E-state index in [1.807, 2.05) is 42.6 Å². The van der Waals surface area contributed by atoms with Gasteiger partial charge in [0, 0.05) is 46.0 Å². The van der Waals surface area contributed by atoms with Gasteiger partial charge in [-0.05, 0) is 60.4 Å². The number of amides is 3. The quantitative estimate of drug-likeness (QED) is 0.283. The summed E-state index contributed by atoms with van der Waals surface area (Å²) < 4.78 is 10.8. The lowest BCUT2D eigenvalue weighted by Gasteiger charge is -2.29. The number of fused-ring (bicyclic) bond motifs is 5. The summed E-state index contributed by atoms with van der Waals surface area (Å²) in [6.45, 7) is 0.181. The Hall–Kier alpha value is -4.34. The highest BCUT2D eigenvalue weighted by molar-refractivity contribution is 6.31. The number of rotatable bonds is 7. The van der Waals surface area contributed by atoms with Gasteiger partial charge in [0.2, 0.25) is 17.7 Å². The van der Waals surface area contributed by atoms with E-state index in [0.717, 1.165) is 22.0 Å². The number of nitrogens with one attached hydrogen (secondary N) is 3. The number of anilines is 1. The van der Waals surface area contributed by atoms with Gasteiger partial charge in [-0.3, -0.25) is 24.6 Å². The first-order valence-corrected chi connectivity index (χ1v) is 14.2. The number of methoxy groups -OCH3 is 2. The Bertz CT molecular complexity index is 1770. The molecule has 4 aromatic rings. The van der Waals surface area contributed by atoms with Gasteiger partial charge in [0.15, 0.2) is 11.5 Å². The van der Waals surface area contributed by atoms with Crippen LogP contribution in [0.4, 0.5) is 5.69 Å².